The molecule has 3 aromatic rings. The van der Waals surface area contributed by atoms with Gasteiger partial charge in [-0.15, -0.1) is 0 Å². The first-order valence-corrected chi connectivity index (χ1v) is 12.3. The summed E-state index contributed by atoms with van der Waals surface area (Å²) in [4.78, 5) is 15.8. The van der Waals surface area contributed by atoms with Crippen LogP contribution in [0.1, 0.15) is 60.8 Å². The molecule has 0 spiro atoms. The number of benzene rings is 3. The van der Waals surface area contributed by atoms with Crippen molar-refractivity contribution in [1.29, 1.82) is 0 Å². The fourth-order valence-electron chi connectivity index (χ4n) is 5.17. The highest BCUT2D eigenvalue weighted by Gasteiger charge is 2.26. The van der Waals surface area contributed by atoms with E-state index in [4.69, 9.17) is 0 Å². The quantitative estimate of drug-likeness (QED) is 0.400. The molecule has 3 heteroatoms. The maximum absolute atomic E-state index is 13.7. The Labute approximate surface area is 198 Å². The number of carbonyl (C=O) groups is 1. The Morgan fingerprint density at radius 3 is 2.12 bits per heavy atom. The zero-order valence-corrected chi connectivity index (χ0v) is 20.2. The van der Waals surface area contributed by atoms with Gasteiger partial charge in [-0.2, -0.15) is 0 Å². The van der Waals surface area contributed by atoms with Crippen molar-refractivity contribution in [3.05, 3.63) is 89.0 Å². The normalized spacial score (nSPS) is 14.5. The molecule has 0 aromatic heterocycles. The van der Waals surface area contributed by atoms with Gasteiger partial charge in [-0.3, -0.25) is 0 Å². The van der Waals surface area contributed by atoms with Crippen molar-refractivity contribution in [2.24, 2.45) is 0 Å². The van der Waals surface area contributed by atoms with E-state index >= 15 is 0 Å². The van der Waals surface area contributed by atoms with Gasteiger partial charge < -0.3 is 10.2 Å². The molecule has 1 aliphatic carbocycles. The molecule has 0 heterocycles. The number of hydrogen-bond donors (Lipinski definition) is 1. The number of nitrogens with zero attached hydrogens (tertiary/aromatic N) is 1. The molecule has 33 heavy (non-hydrogen) atoms. The summed E-state index contributed by atoms with van der Waals surface area (Å²) in [5.41, 5.74) is 7.98. The molecule has 0 atom stereocenters. The van der Waals surface area contributed by atoms with Gasteiger partial charge in [0.15, 0.2) is 0 Å². The van der Waals surface area contributed by atoms with Crippen LogP contribution < -0.4 is 5.32 Å². The van der Waals surface area contributed by atoms with Gasteiger partial charge >= 0.3 is 6.03 Å². The van der Waals surface area contributed by atoms with Crippen LogP contribution in [0.25, 0.3) is 11.1 Å². The van der Waals surface area contributed by atoms with Crippen molar-refractivity contribution in [2.75, 3.05) is 5.32 Å². The van der Waals surface area contributed by atoms with Crippen molar-refractivity contribution in [3.8, 4) is 11.1 Å². The number of amides is 2. The average Bonchev–Trinajstić information content (AvgIpc) is 3.10. The summed E-state index contributed by atoms with van der Waals surface area (Å²) in [7, 11) is 0. The second-order valence-electron chi connectivity index (χ2n) is 9.54. The van der Waals surface area contributed by atoms with Gasteiger partial charge in [-0.05, 0) is 67.5 Å². The molecule has 4 rings (SSSR count). The average molecular weight is 441 g/mol. The van der Waals surface area contributed by atoms with Gasteiger partial charge in [0.2, 0.25) is 0 Å². The molecule has 1 aliphatic rings. The van der Waals surface area contributed by atoms with Crippen LogP contribution in [0.2, 0.25) is 0 Å². The molecule has 3 aromatic carbocycles. The molecule has 0 saturated heterocycles. The Morgan fingerprint density at radius 2 is 1.45 bits per heavy atom. The Hall–Kier alpha value is -3.07. The Kier molecular flexibility index (Phi) is 7.49. The lowest BCUT2D eigenvalue weighted by Crippen LogP contribution is -2.42. The van der Waals surface area contributed by atoms with Crippen molar-refractivity contribution in [2.45, 2.75) is 71.9 Å². The van der Waals surface area contributed by atoms with E-state index < -0.39 is 0 Å². The monoisotopic (exact) mass is 440 g/mol. The molecule has 172 valence electrons. The van der Waals surface area contributed by atoms with E-state index in [2.05, 4.69) is 91.7 Å². The van der Waals surface area contributed by atoms with Gasteiger partial charge in [0.1, 0.15) is 0 Å². The Balaban J connectivity index is 1.61. The standard InChI is InChI=1S/C30H36N2O/c1-22-18-23(2)29(24(3)19-22)31-30(33)32(28-16-9-4-5-10-17-28)21-25-12-11-15-27(20-25)26-13-7-6-8-14-26/h6-8,11-15,18-20,28H,4-5,9-10,16-17,21H2,1-3H3,(H,31,33). The van der Waals surface area contributed by atoms with Gasteiger partial charge in [0.25, 0.3) is 0 Å². The predicted octanol–water partition coefficient (Wildman–Crippen LogP) is 8.04. The number of rotatable bonds is 5. The number of anilines is 1. The minimum Gasteiger partial charge on any atom is -0.317 e. The van der Waals surface area contributed by atoms with E-state index in [-0.39, 0.29) is 12.1 Å². The molecular weight excluding hydrogens is 404 g/mol. The highest BCUT2D eigenvalue weighted by Crippen LogP contribution is 2.28. The SMILES string of the molecule is Cc1cc(C)c(NC(=O)N(Cc2cccc(-c3ccccc3)c2)C2CCCCCC2)c(C)c1. The van der Waals surface area contributed by atoms with Crippen LogP contribution in [0.5, 0.6) is 0 Å². The lowest BCUT2D eigenvalue weighted by atomic mass is 10.0. The summed E-state index contributed by atoms with van der Waals surface area (Å²) in [5, 5.41) is 3.28. The fourth-order valence-corrected chi connectivity index (χ4v) is 5.17. The third-order valence-corrected chi connectivity index (χ3v) is 6.82. The van der Waals surface area contributed by atoms with Crippen LogP contribution >= 0.6 is 0 Å². The summed E-state index contributed by atoms with van der Waals surface area (Å²) in [6, 6.07) is 23.7. The highest BCUT2D eigenvalue weighted by molar-refractivity contribution is 5.91. The van der Waals surface area contributed by atoms with E-state index in [1.165, 1.54) is 47.9 Å². The van der Waals surface area contributed by atoms with Gasteiger partial charge in [-0.25, -0.2) is 4.79 Å². The summed E-state index contributed by atoms with van der Waals surface area (Å²) in [6.45, 7) is 6.88. The van der Waals surface area contributed by atoms with E-state index in [0.717, 1.165) is 29.7 Å². The molecule has 1 saturated carbocycles. The summed E-state index contributed by atoms with van der Waals surface area (Å²) >= 11 is 0. The van der Waals surface area contributed by atoms with Gasteiger partial charge in [0, 0.05) is 18.3 Å². The second-order valence-corrected chi connectivity index (χ2v) is 9.54. The molecule has 3 nitrogen and oxygen atoms in total. The molecule has 0 unspecified atom stereocenters. The van der Waals surface area contributed by atoms with Crippen molar-refractivity contribution >= 4 is 11.7 Å². The second kappa shape index (κ2) is 10.7. The fraction of sp³-hybridized carbons (Fsp3) is 0.367. The zero-order valence-electron chi connectivity index (χ0n) is 20.2. The largest absolute Gasteiger partial charge is 0.322 e. The summed E-state index contributed by atoms with van der Waals surface area (Å²) in [5.74, 6) is 0. The topological polar surface area (TPSA) is 32.3 Å². The predicted molar refractivity (Wildman–Crippen MR) is 139 cm³/mol. The highest BCUT2D eigenvalue weighted by atomic mass is 16.2. The lowest BCUT2D eigenvalue weighted by Gasteiger charge is -2.32. The van der Waals surface area contributed by atoms with Crippen LogP contribution in [0.4, 0.5) is 10.5 Å². The number of nitrogens with one attached hydrogen (secondary N) is 1. The van der Waals surface area contributed by atoms with Crippen LogP contribution in [-0.2, 0) is 6.54 Å². The first-order valence-electron chi connectivity index (χ1n) is 12.3. The van der Waals surface area contributed by atoms with Crippen molar-refractivity contribution < 1.29 is 4.79 Å². The first-order chi connectivity index (χ1) is 16.0. The van der Waals surface area contributed by atoms with Crippen LogP contribution in [0.15, 0.2) is 66.7 Å². The van der Waals surface area contributed by atoms with E-state index in [0.29, 0.717) is 6.54 Å². The number of aryl methyl sites for hydroxylation is 3. The maximum atomic E-state index is 13.7. The zero-order chi connectivity index (χ0) is 23.2. The summed E-state index contributed by atoms with van der Waals surface area (Å²) < 4.78 is 0. The number of urea groups is 1. The van der Waals surface area contributed by atoms with Crippen LogP contribution in [0, 0.1) is 20.8 Å². The van der Waals surface area contributed by atoms with Crippen LogP contribution in [-0.4, -0.2) is 17.0 Å². The van der Waals surface area contributed by atoms with Crippen LogP contribution in [0.3, 0.4) is 0 Å². The minimum atomic E-state index is 0.0158. The number of hydrogen-bond acceptors (Lipinski definition) is 1. The molecule has 0 bridgehead atoms. The minimum absolute atomic E-state index is 0.0158. The Bertz CT molecular complexity index is 1060. The third-order valence-electron chi connectivity index (χ3n) is 6.82. The van der Waals surface area contributed by atoms with Gasteiger partial charge in [0.05, 0.1) is 0 Å². The number of carbonyl (C=O) groups excluding carboxylic acids is 1. The molecule has 0 aliphatic heterocycles. The first kappa shape index (κ1) is 23.1. The summed E-state index contributed by atoms with van der Waals surface area (Å²) in [6.07, 6.45) is 7.09. The lowest BCUT2D eigenvalue weighted by molar-refractivity contribution is 0.175. The van der Waals surface area contributed by atoms with Gasteiger partial charge in [-0.1, -0.05) is 91.9 Å². The van der Waals surface area contributed by atoms with E-state index in [1.807, 2.05) is 6.07 Å². The smallest absolute Gasteiger partial charge is 0.317 e. The molecule has 1 N–H and O–H groups in total. The van der Waals surface area contributed by atoms with Crippen molar-refractivity contribution in [3.63, 3.8) is 0 Å². The maximum Gasteiger partial charge on any atom is 0.322 e. The third kappa shape index (κ3) is 5.84. The van der Waals surface area contributed by atoms with E-state index in [1.54, 1.807) is 0 Å². The Morgan fingerprint density at radius 1 is 0.818 bits per heavy atom. The molecule has 2 amide bonds. The van der Waals surface area contributed by atoms with Crippen molar-refractivity contribution in [1.82, 2.24) is 4.90 Å². The molecule has 1 fully saturated rings. The molecule has 0 radical (unpaired) electrons. The van der Waals surface area contributed by atoms with E-state index in [9.17, 15) is 4.79 Å². The molecular formula is C30H36N2O.